The molecular weight excluding hydrogens is 454 g/mol. The summed E-state index contributed by atoms with van der Waals surface area (Å²) < 4.78 is 0. The molecule has 0 saturated carbocycles. The molecule has 11 heteroatoms. The highest BCUT2D eigenvalue weighted by atomic mass is 16.6. The van der Waals surface area contributed by atoms with E-state index >= 15 is 0 Å². The lowest BCUT2D eigenvalue weighted by Crippen LogP contribution is -2.75. The molecule has 0 N–H and O–H groups in total. The lowest BCUT2D eigenvalue weighted by molar-refractivity contribution is -0.384. The van der Waals surface area contributed by atoms with Crippen LogP contribution in [-0.2, 0) is 16.0 Å². The van der Waals surface area contributed by atoms with E-state index in [0.29, 0.717) is 29.9 Å². The van der Waals surface area contributed by atoms with Crippen molar-refractivity contribution in [2.45, 2.75) is 12.5 Å². The number of anilines is 1. The fraction of sp³-hybridized carbons (Fsp3) is 0.333. The topological polar surface area (TPSA) is 124 Å². The first-order valence-electron chi connectivity index (χ1n) is 11.2. The number of carbonyl (C=O) groups excluding carboxylic acids is 4. The van der Waals surface area contributed by atoms with E-state index in [1.807, 2.05) is 11.0 Å². The number of benzene rings is 2. The quantitative estimate of drug-likeness (QED) is 0.365. The molecule has 0 bridgehead atoms. The molecule has 0 aromatic heterocycles. The van der Waals surface area contributed by atoms with Crippen LogP contribution in [0.25, 0.3) is 0 Å². The molecule has 0 radical (unpaired) electrons. The van der Waals surface area contributed by atoms with Gasteiger partial charge in [0.15, 0.2) is 5.41 Å². The van der Waals surface area contributed by atoms with Gasteiger partial charge < -0.3 is 9.80 Å². The Hall–Kier alpha value is -4.28. The van der Waals surface area contributed by atoms with Crippen LogP contribution in [0.15, 0.2) is 48.5 Å². The summed E-state index contributed by atoms with van der Waals surface area (Å²) in [5.41, 5.74) is -0.205. The highest BCUT2D eigenvalue weighted by Gasteiger charge is 2.64. The smallest absolute Gasteiger partial charge is 0.332 e. The maximum atomic E-state index is 13.7. The zero-order chi connectivity index (χ0) is 25.1. The Balaban J connectivity index is 1.63. The summed E-state index contributed by atoms with van der Waals surface area (Å²) in [5.74, 6) is -1.57. The van der Waals surface area contributed by atoms with Gasteiger partial charge in [0.1, 0.15) is 0 Å². The molecule has 35 heavy (non-hydrogen) atoms. The van der Waals surface area contributed by atoms with Gasteiger partial charge in [0.05, 0.1) is 11.0 Å². The average molecular weight is 477 g/mol. The number of nitro groups is 1. The Morgan fingerprint density at radius 1 is 1.00 bits per heavy atom. The highest BCUT2D eigenvalue weighted by molar-refractivity contribution is 6.20. The molecule has 0 aliphatic carbocycles. The zero-order valence-corrected chi connectivity index (χ0v) is 19.2. The van der Waals surface area contributed by atoms with Crippen LogP contribution in [0.4, 0.5) is 16.2 Å². The number of hydrogen-bond acceptors (Lipinski definition) is 7. The summed E-state index contributed by atoms with van der Waals surface area (Å²) in [6.45, 7) is 0.735. The molecule has 3 aliphatic rings. The lowest BCUT2D eigenvalue weighted by Gasteiger charge is -2.56. The number of nitrogens with zero attached hydrogens (tertiary/aromatic N) is 5. The zero-order valence-electron chi connectivity index (χ0n) is 19.2. The normalized spacial score (nSPS) is 21.2. The van der Waals surface area contributed by atoms with Crippen molar-refractivity contribution >= 4 is 35.1 Å². The van der Waals surface area contributed by atoms with E-state index in [0.717, 1.165) is 9.80 Å². The van der Waals surface area contributed by atoms with Crippen LogP contribution in [0.2, 0.25) is 0 Å². The molecule has 2 saturated heterocycles. The number of urea groups is 1. The molecule has 1 spiro atoms. The maximum absolute atomic E-state index is 13.7. The molecular formula is C24H23N5O6. The third kappa shape index (κ3) is 3.18. The van der Waals surface area contributed by atoms with Crippen LogP contribution >= 0.6 is 0 Å². The fourth-order valence-corrected chi connectivity index (χ4v) is 5.49. The van der Waals surface area contributed by atoms with E-state index in [9.17, 15) is 29.3 Å². The Labute approximate surface area is 200 Å². The minimum atomic E-state index is -1.71. The van der Waals surface area contributed by atoms with Gasteiger partial charge in [0.2, 0.25) is 11.8 Å². The van der Waals surface area contributed by atoms with Gasteiger partial charge in [-0.3, -0.25) is 34.3 Å². The van der Waals surface area contributed by atoms with Crippen LogP contribution in [0.1, 0.15) is 15.9 Å². The van der Waals surface area contributed by atoms with Crippen molar-refractivity contribution < 1.29 is 24.1 Å². The number of rotatable bonds is 2. The predicted octanol–water partition coefficient (Wildman–Crippen LogP) is 1.52. The van der Waals surface area contributed by atoms with Crippen molar-refractivity contribution in [2.75, 3.05) is 38.6 Å². The molecule has 2 fully saturated rings. The van der Waals surface area contributed by atoms with E-state index in [1.165, 1.54) is 26.2 Å². The minimum absolute atomic E-state index is 0.0809. The standard InChI is InChI=1S/C24H23N5O6/c1-25-21(31)24(22(32)26(2)23(25)33)13-16-12-17(29(34)35)8-9-18(16)28-11-10-27(14-19(24)28)20(30)15-6-4-3-5-7-15/h3-9,12,19H,10-11,13-14H2,1-2H3/t19-/m1/s1. The highest BCUT2D eigenvalue weighted by Crippen LogP contribution is 2.47. The fourth-order valence-electron chi connectivity index (χ4n) is 5.49. The molecule has 3 heterocycles. The predicted molar refractivity (Wildman–Crippen MR) is 124 cm³/mol. The largest absolute Gasteiger partial charge is 0.363 e. The van der Waals surface area contributed by atoms with Crippen LogP contribution in [0.5, 0.6) is 0 Å². The average Bonchev–Trinajstić information content (AvgIpc) is 2.89. The molecule has 5 rings (SSSR count). The molecule has 5 amide bonds. The molecule has 0 unspecified atom stereocenters. The third-order valence-corrected chi connectivity index (χ3v) is 7.26. The SMILES string of the molecule is CN1C(=O)N(C)C(=O)C2(Cc3cc([N+](=O)[O-])ccc3N3CCN(C(=O)c4ccccc4)C[C@@H]32)C1=O. The van der Waals surface area contributed by atoms with Gasteiger partial charge in [-0.15, -0.1) is 0 Å². The number of hydrogen-bond donors (Lipinski definition) is 0. The van der Waals surface area contributed by atoms with E-state index < -0.39 is 34.2 Å². The van der Waals surface area contributed by atoms with Crippen LogP contribution in [-0.4, -0.2) is 83.1 Å². The second-order valence-electron chi connectivity index (χ2n) is 9.06. The van der Waals surface area contributed by atoms with Gasteiger partial charge >= 0.3 is 6.03 Å². The van der Waals surface area contributed by atoms with E-state index in [4.69, 9.17) is 0 Å². The second-order valence-corrected chi connectivity index (χ2v) is 9.06. The van der Waals surface area contributed by atoms with Gasteiger partial charge in [-0.1, -0.05) is 18.2 Å². The molecule has 11 nitrogen and oxygen atoms in total. The Kier molecular flexibility index (Phi) is 5.08. The molecule has 2 aromatic rings. The third-order valence-electron chi connectivity index (χ3n) is 7.26. The van der Waals surface area contributed by atoms with Crippen LogP contribution < -0.4 is 4.90 Å². The molecule has 180 valence electrons. The van der Waals surface area contributed by atoms with Crippen molar-refractivity contribution in [1.82, 2.24) is 14.7 Å². The molecule has 2 aromatic carbocycles. The van der Waals surface area contributed by atoms with Crippen molar-refractivity contribution in [2.24, 2.45) is 5.41 Å². The first-order chi connectivity index (χ1) is 16.7. The number of imide groups is 2. The van der Waals surface area contributed by atoms with Crippen molar-refractivity contribution in [3.8, 4) is 0 Å². The first kappa shape index (κ1) is 22.5. The number of amides is 5. The van der Waals surface area contributed by atoms with Crippen LogP contribution in [0.3, 0.4) is 0 Å². The van der Waals surface area contributed by atoms with E-state index in [2.05, 4.69) is 0 Å². The van der Waals surface area contributed by atoms with E-state index in [-0.39, 0.29) is 24.6 Å². The minimum Gasteiger partial charge on any atom is -0.363 e. The van der Waals surface area contributed by atoms with Gasteiger partial charge in [0, 0.05) is 63.5 Å². The van der Waals surface area contributed by atoms with Gasteiger partial charge in [-0.25, -0.2) is 4.79 Å². The Morgan fingerprint density at radius 2 is 1.66 bits per heavy atom. The van der Waals surface area contributed by atoms with E-state index in [1.54, 1.807) is 35.2 Å². The first-order valence-corrected chi connectivity index (χ1v) is 11.2. The Bertz CT molecular complexity index is 1250. The van der Waals surface area contributed by atoms with Gasteiger partial charge in [0.25, 0.3) is 11.6 Å². The molecule has 3 aliphatic heterocycles. The number of non-ortho nitro benzene ring substituents is 1. The molecule has 1 atom stereocenters. The Morgan fingerprint density at radius 3 is 2.29 bits per heavy atom. The summed E-state index contributed by atoms with van der Waals surface area (Å²) in [6, 6.07) is 11.6. The summed E-state index contributed by atoms with van der Waals surface area (Å²) in [4.78, 5) is 69.4. The second kappa shape index (κ2) is 7.90. The number of nitro benzene ring substituents is 1. The summed E-state index contributed by atoms with van der Waals surface area (Å²) >= 11 is 0. The summed E-state index contributed by atoms with van der Waals surface area (Å²) in [7, 11) is 2.64. The number of carbonyl (C=O) groups is 4. The van der Waals surface area contributed by atoms with Crippen LogP contribution in [0, 0.1) is 15.5 Å². The number of piperazine rings is 1. The van der Waals surface area contributed by atoms with Gasteiger partial charge in [-0.2, -0.15) is 0 Å². The number of fused-ring (bicyclic) bond motifs is 4. The monoisotopic (exact) mass is 477 g/mol. The van der Waals surface area contributed by atoms with Gasteiger partial charge in [-0.05, 0) is 23.8 Å². The van der Waals surface area contributed by atoms with Crippen molar-refractivity contribution in [1.29, 1.82) is 0 Å². The maximum Gasteiger partial charge on any atom is 0.332 e. The van der Waals surface area contributed by atoms with Crippen molar-refractivity contribution in [3.05, 3.63) is 69.8 Å². The lowest BCUT2D eigenvalue weighted by atomic mass is 9.67. The van der Waals surface area contributed by atoms with Crippen molar-refractivity contribution in [3.63, 3.8) is 0 Å². The summed E-state index contributed by atoms with van der Waals surface area (Å²) in [6.07, 6.45) is -0.113. The number of barbiturate groups is 1. The summed E-state index contributed by atoms with van der Waals surface area (Å²) in [5, 5.41) is 11.4.